The lowest BCUT2D eigenvalue weighted by Crippen LogP contribution is -2.41. The number of anilines is 1. The zero-order valence-electron chi connectivity index (χ0n) is 12.2. The molecule has 0 heterocycles. The SMILES string of the molecule is CSc1cccc(N/C=C(/C#N)C(=O)NC(C)(C)C)c1. The summed E-state index contributed by atoms with van der Waals surface area (Å²) in [6, 6.07) is 9.66. The number of nitriles is 1. The summed E-state index contributed by atoms with van der Waals surface area (Å²) in [5, 5.41) is 14.8. The molecular formula is C15H19N3OS. The fourth-order valence-corrected chi connectivity index (χ4v) is 1.88. The molecule has 1 aromatic carbocycles. The van der Waals surface area contributed by atoms with Crippen LogP contribution in [0.5, 0.6) is 0 Å². The second-order valence-corrected chi connectivity index (χ2v) is 6.13. The molecule has 0 aliphatic rings. The minimum atomic E-state index is -0.381. The molecule has 5 heteroatoms. The average Bonchev–Trinajstić information content (AvgIpc) is 2.37. The maximum absolute atomic E-state index is 11.9. The van der Waals surface area contributed by atoms with Crippen molar-refractivity contribution in [3.8, 4) is 6.07 Å². The topological polar surface area (TPSA) is 64.9 Å². The third kappa shape index (κ3) is 5.37. The number of amides is 1. The number of carbonyl (C=O) groups excluding carboxylic acids is 1. The zero-order valence-corrected chi connectivity index (χ0v) is 13.0. The first kappa shape index (κ1) is 16.1. The lowest BCUT2D eigenvalue weighted by Gasteiger charge is -2.20. The predicted molar refractivity (Wildman–Crippen MR) is 83.4 cm³/mol. The highest BCUT2D eigenvalue weighted by molar-refractivity contribution is 7.98. The van der Waals surface area contributed by atoms with Gasteiger partial charge in [0.1, 0.15) is 11.6 Å². The minimum Gasteiger partial charge on any atom is -0.360 e. The van der Waals surface area contributed by atoms with E-state index in [0.29, 0.717) is 0 Å². The Morgan fingerprint density at radius 1 is 1.40 bits per heavy atom. The van der Waals surface area contributed by atoms with Gasteiger partial charge in [-0.3, -0.25) is 4.79 Å². The lowest BCUT2D eigenvalue weighted by atomic mass is 10.1. The van der Waals surface area contributed by atoms with Gasteiger partial charge in [0, 0.05) is 22.3 Å². The number of benzene rings is 1. The zero-order chi connectivity index (χ0) is 15.2. The summed E-state index contributed by atoms with van der Waals surface area (Å²) in [4.78, 5) is 13.0. The third-order valence-electron chi connectivity index (χ3n) is 2.31. The van der Waals surface area contributed by atoms with Gasteiger partial charge in [-0.15, -0.1) is 11.8 Å². The smallest absolute Gasteiger partial charge is 0.263 e. The molecule has 0 spiro atoms. The average molecular weight is 289 g/mol. The van der Waals surface area contributed by atoms with Crippen LogP contribution in [0.15, 0.2) is 40.9 Å². The molecule has 2 N–H and O–H groups in total. The van der Waals surface area contributed by atoms with Crippen LogP contribution in [-0.2, 0) is 4.79 Å². The first-order chi connectivity index (χ1) is 9.35. The molecule has 20 heavy (non-hydrogen) atoms. The Balaban J connectivity index is 2.80. The molecule has 0 radical (unpaired) electrons. The molecule has 0 atom stereocenters. The van der Waals surface area contributed by atoms with Crippen LogP contribution in [0, 0.1) is 11.3 Å². The lowest BCUT2D eigenvalue weighted by molar-refractivity contribution is -0.118. The van der Waals surface area contributed by atoms with Crippen LogP contribution in [0.4, 0.5) is 5.69 Å². The van der Waals surface area contributed by atoms with Crippen molar-refractivity contribution in [2.24, 2.45) is 0 Å². The fraction of sp³-hybridized carbons (Fsp3) is 0.333. The van der Waals surface area contributed by atoms with Crippen molar-refractivity contribution in [2.45, 2.75) is 31.2 Å². The summed E-state index contributed by atoms with van der Waals surface area (Å²) >= 11 is 1.63. The van der Waals surface area contributed by atoms with E-state index in [1.54, 1.807) is 11.8 Å². The number of nitrogens with zero attached hydrogens (tertiary/aromatic N) is 1. The number of rotatable bonds is 4. The van der Waals surface area contributed by atoms with E-state index in [1.165, 1.54) is 6.20 Å². The highest BCUT2D eigenvalue weighted by Crippen LogP contribution is 2.19. The summed E-state index contributed by atoms with van der Waals surface area (Å²) in [6.07, 6.45) is 3.42. The summed E-state index contributed by atoms with van der Waals surface area (Å²) in [6.45, 7) is 5.61. The van der Waals surface area contributed by atoms with Gasteiger partial charge in [0.25, 0.3) is 5.91 Å². The second kappa shape index (κ2) is 7.01. The van der Waals surface area contributed by atoms with Crippen molar-refractivity contribution in [2.75, 3.05) is 11.6 Å². The molecule has 1 amide bonds. The van der Waals surface area contributed by atoms with Gasteiger partial charge in [0.2, 0.25) is 0 Å². The van der Waals surface area contributed by atoms with E-state index in [1.807, 2.05) is 57.4 Å². The van der Waals surface area contributed by atoms with Crippen LogP contribution in [-0.4, -0.2) is 17.7 Å². The van der Waals surface area contributed by atoms with Gasteiger partial charge >= 0.3 is 0 Å². The van der Waals surface area contributed by atoms with Gasteiger partial charge in [0.15, 0.2) is 0 Å². The largest absolute Gasteiger partial charge is 0.360 e. The van der Waals surface area contributed by atoms with Crippen molar-refractivity contribution in [3.05, 3.63) is 36.0 Å². The third-order valence-corrected chi connectivity index (χ3v) is 3.03. The molecule has 1 rings (SSSR count). The second-order valence-electron chi connectivity index (χ2n) is 5.25. The van der Waals surface area contributed by atoms with Crippen LogP contribution in [0.3, 0.4) is 0 Å². The molecule has 0 aliphatic carbocycles. The molecule has 0 bridgehead atoms. The van der Waals surface area contributed by atoms with E-state index in [4.69, 9.17) is 5.26 Å². The summed E-state index contributed by atoms with van der Waals surface area (Å²) < 4.78 is 0. The number of hydrogen-bond acceptors (Lipinski definition) is 4. The van der Waals surface area contributed by atoms with Crippen LogP contribution in [0.1, 0.15) is 20.8 Å². The fourth-order valence-electron chi connectivity index (χ4n) is 1.42. The molecule has 4 nitrogen and oxygen atoms in total. The molecule has 106 valence electrons. The van der Waals surface area contributed by atoms with Crippen LogP contribution >= 0.6 is 11.8 Å². The van der Waals surface area contributed by atoms with E-state index < -0.39 is 0 Å². The van der Waals surface area contributed by atoms with Gasteiger partial charge in [0.05, 0.1) is 0 Å². The molecule has 0 aromatic heterocycles. The highest BCUT2D eigenvalue weighted by Gasteiger charge is 2.16. The number of nitrogens with one attached hydrogen (secondary N) is 2. The van der Waals surface area contributed by atoms with Crippen molar-refractivity contribution in [1.82, 2.24) is 5.32 Å². The number of hydrogen-bond donors (Lipinski definition) is 2. The Morgan fingerprint density at radius 2 is 2.10 bits per heavy atom. The normalized spacial score (nSPS) is 11.7. The van der Waals surface area contributed by atoms with Crippen molar-refractivity contribution < 1.29 is 4.79 Å². The van der Waals surface area contributed by atoms with E-state index in [0.717, 1.165) is 10.6 Å². The molecule has 0 unspecified atom stereocenters. The van der Waals surface area contributed by atoms with E-state index >= 15 is 0 Å². The number of thioether (sulfide) groups is 1. The Labute approximate surface area is 124 Å². The van der Waals surface area contributed by atoms with Gasteiger partial charge in [-0.25, -0.2) is 0 Å². The van der Waals surface area contributed by atoms with Gasteiger partial charge in [-0.2, -0.15) is 5.26 Å². The van der Waals surface area contributed by atoms with Crippen molar-refractivity contribution in [1.29, 1.82) is 5.26 Å². The Morgan fingerprint density at radius 3 is 2.65 bits per heavy atom. The molecule has 1 aromatic rings. The molecular weight excluding hydrogens is 270 g/mol. The van der Waals surface area contributed by atoms with E-state index in [-0.39, 0.29) is 17.0 Å². The summed E-state index contributed by atoms with van der Waals surface area (Å²) in [5.74, 6) is -0.381. The summed E-state index contributed by atoms with van der Waals surface area (Å²) in [5.41, 5.74) is 0.522. The maximum Gasteiger partial charge on any atom is 0.263 e. The van der Waals surface area contributed by atoms with Gasteiger partial charge in [-0.05, 0) is 45.2 Å². The molecule has 0 saturated heterocycles. The highest BCUT2D eigenvalue weighted by atomic mass is 32.2. The standard InChI is InChI=1S/C15H19N3OS/c1-15(2,3)18-14(19)11(9-16)10-17-12-6-5-7-13(8-12)20-4/h5-8,10,17H,1-4H3,(H,18,19)/b11-10-. The molecule has 0 fully saturated rings. The number of carbonyl (C=O) groups is 1. The Kier molecular flexibility index (Phi) is 5.66. The van der Waals surface area contributed by atoms with Crippen LogP contribution in [0.2, 0.25) is 0 Å². The quantitative estimate of drug-likeness (QED) is 0.508. The maximum atomic E-state index is 11.9. The predicted octanol–water partition coefficient (Wildman–Crippen LogP) is 3.14. The minimum absolute atomic E-state index is 0.0504. The molecule has 0 aliphatic heterocycles. The first-order valence-electron chi connectivity index (χ1n) is 6.19. The monoisotopic (exact) mass is 289 g/mol. The van der Waals surface area contributed by atoms with E-state index in [9.17, 15) is 4.79 Å². The summed E-state index contributed by atoms with van der Waals surface area (Å²) in [7, 11) is 0. The Bertz CT molecular complexity index is 553. The van der Waals surface area contributed by atoms with Gasteiger partial charge in [-0.1, -0.05) is 6.07 Å². The van der Waals surface area contributed by atoms with E-state index in [2.05, 4.69) is 10.6 Å². The van der Waals surface area contributed by atoms with Crippen molar-refractivity contribution >= 4 is 23.4 Å². The van der Waals surface area contributed by atoms with Gasteiger partial charge < -0.3 is 10.6 Å². The van der Waals surface area contributed by atoms with Crippen molar-refractivity contribution in [3.63, 3.8) is 0 Å². The van der Waals surface area contributed by atoms with Crippen LogP contribution in [0.25, 0.3) is 0 Å². The molecule has 0 saturated carbocycles. The van der Waals surface area contributed by atoms with Crippen LogP contribution < -0.4 is 10.6 Å². The Hall–Kier alpha value is -1.93. The first-order valence-corrected chi connectivity index (χ1v) is 7.41.